The summed E-state index contributed by atoms with van der Waals surface area (Å²) in [5.74, 6) is 1.47. The van der Waals surface area contributed by atoms with Gasteiger partial charge in [-0.15, -0.1) is 0 Å². The lowest BCUT2D eigenvalue weighted by atomic mass is 10.2. The molecule has 0 saturated carbocycles. The van der Waals surface area contributed by atoms with Crippen molar-refractivity contribution < 1.29 is 9.47 Å². The number of hydrogen-bond donors (Lipinski definition) is 1. The first-order chi connectivity index (χ1) is 12.7. The summed E-state index contributed by atoms with van der Waals surface area (Å²) in [5.41, 5.74) is 3.05. The van der Waals surface area contributed by atoms with Crippen LogP contribution in [0.3, 0.4) is 0 Å². The van der Waals surface area contributed by atoms with Gasteiger partial charge in [0.25, 0.3) is 0 Å². The van der Waals surface area contributed by atoms with Gasteiger partial charge in [0.2, 0.25) is 0 Å². The second-order valence-electron chi connectivity index (χ2n) is 5.73. The maximum atomic E-state index is 6.14. The Morgan fingerprint density at radius 3 is 2.35 bits per heavy atom. The zero-order valence-electron chi connectivity index (χ0n) is 14.3. The van der Waals surface area contributed by atoms with E-state index in [9.17, 15) is 0 Å². The fourth-order valence-electron chi connectivity index (χ4n) is 2.46. The van der Waals surface area contributed by atoms with Gasteiger partial charge < -0.3 is 14.8 Å². The molecule has 1 N–H and O–H groups in total. The highest BCUT2D eigenvalue weighted by molar-refractivity contribution is 6.32. The number of halogens is 2. The molecule has 0 bridgehead atoms. The van der Waals surface area contributed by atoms with E-state index in [1.54, 1.807) is 7.11 Å². The van der Waals surface area contributed by atoms with Gasteiger partial charge in [-0.1, -0.05) is 53.5 Å². The molecule has 3 aromatic carbocycles. The molecule has 3 nitrogen and oxygen atoms in total. The topological polar surface area (TPSA) is 30.5 Å². The minimum Gasteiger partial charge on any atom is -0.495 e. The number of nitrogens with one attached hydrogen (secondary N) is 1. The number of ether oxygens (including phenoxy) is 2. The highest BCUT2D eigenvalue weighted by Crippen LogP contribution is 2.27. The molecule has 0 unspecified atom stereocenters. The molecule has 3 rings (SSSR count). The average Bonchev–Trinajstić information content (AvgIpc) is 2.67. The first-order valence-electron chi connectivity index (χ1n) is 8.18. The van der Waals surface area contributed by atoms with Gasteiger partial charge >= 0.3 is 0 Å². The van der Waals surface area contributed by atoms with Gasteiger partial charge in [-0.05, 0) is 42.0 Å². The quantitative estimate of drug-likeness (QED) is 0.523. The van der Waals surface area contributed by atoms with Crippen LogP contribution in [0.5, 0.6) is 11.5 Å². The molecule has 0 aliphatic carbocycles. The summed E-state index contributed by atoms with van der Waals surface area (Å²) < 4.78 is 11.0. The molecule has 26 heavy (non-hydrogen) atoms. The highest BCUT2D eigenvalue weighted by Gasteiger charge is 2.03. The summed E-state index contributed by atoms with van der Waals surface area (Å²) in [6.07, 6.45) is 0. The number of methoxy groups -OCH3 is 1. The Kier molecular flexibility index (Phi) is 6.26. The monoisotopic (exact) mass is 387 g/mol. The Morgan fingerprint density at radius 2 is 1.65 bits per heavy atom. The lowest BCUT2D eigenvalue weighted by Crippen LogP contribution is -2.00. The number of benzene rings is 3. The summed E-state index contributed by atoms with van der Waals surface area (Å²) >= 11 is 12.3. The van der Waals surface area contributed by atoms with Crippen LogP contribution in [0.15, 0.2) is 66.7 Å². The lowest BCUT2D eigenvalue weighted by molar-refractivity contribution is 0.306. The molecular weight excluding hydrogens is 369 g/mol. The van der Waals surface area contributed by atoms with Crippen molar-refractivity contribution in [3.05, 3.63) is 87.9 Å². The molecule has 0 saturated heterocycles. The third kappa shape index (κ3) is 4.84. The van der Waals surface area contributed by atoms with E-state index in [0.29, 0.717) is 28.9 Å². The Hall–Kier alpha value is -2.36. The Balaban J connectivity index is 1.54. The van der Waals surface area contributed by atoms with Crippen molar-refractivity contribution in [1.29, 1.82) is 0 Å². The average molecular weight is 388 g/mol. The van der Waals surface area contributed by atoms with Crippen LogP contribution in [0, 0.1) is 0 Å². The molecule has 0 spiro atoms. The van der Waals surface area contributed by atoms with E-state index in [1.807, 2.05) is 66.7 Å². The maximum absolute atomic E-state index is 6.14. The number of anilines is 1. The van der Waals surface area contributed by atoms with E-state index < -0.39 is 0 Å². The van der Waals surface area contributed by atoms with Crippen LogP contribution in [-0.2, 0) is 13.2 Å². The predicted octanol–water partition coefficient (Wildman–Crippen LogP) is 6.19. The fourth-order valence-corrected chi connectivity index (χ4v) is 2.91. The van der Waals surface area contributed by atoms with Gasteiger partial charge in [-0.2, -0.15) is 0 Å². The normalized spacial score (nSPS) is 10.4. The molecule has 0 atom stereocenters. The minimum absolute atomic E-state index is 0.446. The third-order valence-electron chi connectivity index (χ3n) is 3.92. The largest absolute Gasteiger partial charge is 0.495 e. The van der Waals surface area contributed by atoms with Crippen LogP contribution in [0.4, 0.5) is 5.69 Å². The van der Waals surface area contributed by atoms with Crippen molar-refractivity contribution in [3.8, 4) is 11.5 Å². The Morgan fingerprint density at radius 1 is 0.885 bits per heavy atom. The molecule has 3 aromatic rings. The fraction of sp³-hybridized carbons (Fsp3) is 0.143. The van der Waals surface area contributed by atoms with Crippen LogP contribution in [0.1, 0.15) is 11.1 Å². The van der Waals surface area contributed by atoms with Crippen molar-refractivity contribution in [2.24, 2.45) is 0 Å². The summed E-state index contributed by atoms with van der Waals surface area (Å²) in [5, 5.41) is 4.64. The standard InChI is InChI=1S/C21H19Cl2NO2/c1-25-21-11-8-17(12-20(21)23)24-13-15-6-9-18(10-7-15)26-14-16-4-2-3-5-19(16)22/h2-12,24H,13-14H2,1H3. The summed E-state index contributed by atoms with van der Waals surface area (Å²) in [4.78, 5) is 0. The summed E-state index contributed by atoms with van der Waals surface area (Å²) in [6.45, 7) is 1.13. The zero-order valence-corrected chi connectivity index (χ0v) is 15.8. The van der Waals surface area contributed by atoms with Gasteiger partial charge in [0.1, 0.15) is 18.1 Å². The zero-order chi connectivity index (χ0) is 18.4. The maximum Gasteiger partial charge on any atom is 0.137 e. The molecule has 0 heterocycles. The van der Waals surface area contributed by atoms with Gasteiger partial charge in [0, 0.05) is 22.8 Å². The van der Waals surface area contributed by atoms with E-state index in [2.05, 4.69) is 5.32 Å². The number of hydrogen-bond acceptors (Lipinski definition) is 3. The predicted molar refractivity (Wildman–Crippen MR) is 108 cm³/mol. The van der Waals surface area contributed by atoms with Crippen LogP contribution >= 0.6 is 23.2 Å². The second kappa shape index (κ2) is 8.84. The van der Waals surface area contributed by atoms with Crippen molar-refractivity contribution in [3.63, 3.8) is 0 Å². The smallest absolute Gasteiger partial charge is 0.137 e. The van der Waals surface area contributed by atoms with Gasteiger partial charge in [0.15, 0.2) is 0 Å². The molecule has 134 valence electrons. The van der Waals surface area contributed by atoms with Crippen molar-refractivity contribution in [2.45, 2.75) is 13.2 Å². The molecule has 0 aliphatic heterocycles. The van der Waals surface area contributed by atoms with Crippen LogP contribution < -0.4 is 14.8 Å². The van der Waals surface area contributed by atoms with Crippen LogP contribution in [-0.4, -0.2) is 7.11 Å². The van der Waals surface area contributed by atoms with E-state index in [4.69, 9.17) is 32.7 Å². The molecule has 0 fully saturated rings. The molecular formula is C21H19Cl2NO2. The van der Waals surface area contributed by atoms with E-state index in [0.717, 1.165) is 22.6 Å². The SMILES string of the molecule is COc1ccc(NCc2ccc(OCc3ccccc3Cl)cc2)cc1Cl. The highest BCUT2D eigenvalue weighted by atomic mass is 35.5. The van der Waals surface area contributed by atoms with E-state index in [-0.39, 0.29) is 0 Å². The lowest BCUT2D eigenvalue weighted by Gasteiger charge is -2.11. The first kappa shape index (κ1) is 18.4. The first-order valence-corrected chi connectivity index (χ1v) is 8.94. The second-order valence-corrected chi connectivity index (χ2v) is 6.54. The van der Waals surface area contributed by atoms with Crippen molar-refractivity contribution in [2.75, 3.05) is 12.4 Å². The van der Waals surface area contributed by atoms with E-state index in [1.165, 1.54) is 0 Å². The summed E-state index contributed by atoms with van der Waals surface area (Å²) in [6, 6.07) is 21.3. The molecule has 5 heteroatoms. The van der Waals surface area contributed by atoms with Crippen LogP contribution in [0.2, 0.25) is 10.0 Å². The molecule has 0 amide bonds. The third-order valence-corrected chi connectivity index (χ3v) is 4.59. The molecule has 0 aromatic heterocycles. The van der Waals surface area contributed by atoms with E-state index >= 15 is 0 Å². The Bertz CT molecular complexity index is 866. The minimum atomic E-state index is 0.446. The number of rotatable bonds is 7. The molecule has 0 radical (unpaired) electrons. The Labute approximate surface area is 163 Å². The van der Waals surface area contributed by atoms with Gasteiger partial charge in [0.05, 0.1) is 12.1 Å². The van der Waals surface area contributed by atoms with Crippen molar-refractivity contribution in [1.82, 2.24) is 0 Å². The molecule has 0 aliphatic rings. The van der Waals surface area contributed by atoms with Gasteiger partial charge in [-0.25, -0.2) is 0 Å². The summed E-state index contributed by atoms with van der Waals surface area (Å²) in [7, 11) is 1.60. The van der Waals surface area contributed by atoms with Gasteiger partial charge in [-0.3, -0.25) is 0 Å². The van der Waals surface area contributed by atoms with Crippen molar-refractivity contribution >= 4 is 28.9 Å². The van der Waals surface area contributed by atoms with Crippen LogP contribution in [0.25, 0.3) is 0 Å².